The van der Waals surface area contributed by atoms with Gasteiger partial charge in [-0.3, -0.25) is 0 Å². The minimum Gasteiger partial charge on any atom is -0.330 e. The van der Waals surface area contributed by atoms with E-state index in [0.29, 0.717) is 29.1 Å². The Labute approximate surface area is 82.5 Å². The van der Waals surface area contributed by atoms with Crippen LogP contribution in [0, 0.1) is 0 Å². The van der Waals surface area contributed by atoms with E-state index in [1.807, 2.05) is 0 Å². The standard InChI is InChI=1S/C9H10N2O2S/c10-6-5-8-7-3-1-2-4-9(7)14(12,13)11-8/h1-4H,5-6,10H2. The van der Waals surface area contributed by atoms with E-state index < -0.39 is 10.0 Å². The number of sulfonamides is 1. The Morgan fingerprint density at radius 3 is 2.71 bits per heavy atom. The zero-order valence-corrected chi connectivity index (χ0v) is 8.29. The van der Waals surface area contributed by atoms with Crippen molar-refractivity contribution in [3.05, 3.63) is 29.8 Å². The van der Waals surface area contributed by atoms with Crippen molar-refractivity contribution >= 4 is 15.7 Å². The van der Waals surface area contributed by atoms with Crippen molar-refractivity contribution in [3.63, 3.8) is 0 Å². The molecule has 2 rings (SSSR count). The predicted molar refractivity (Wildman–Crippen MR) is 53.8 cm³/mol. The van der Waals surface area contributed by atoms with Crippen LogP contribution in [-0.2, 0) is 10.0 Å². The lowest BCUT2D eigenvalue weighted by atomic mass is 10.1. The van der Waals surface area contributed by atoms with Crippen LogP contribution in [0.1, 0.15) is 12.0 Å². The molecule has 0 spiro atoms. The van der Waals surface area contributed by atoms with Crippen LogP contribution in [-0.4, -0.2) is 20.7 Å². The fraction of sp³-hybridized carbons (Fsp3) is 0.222. The summed E-state index contributed by atoms with van der Waals surface area (Å²) in [6.45, 7) is 0.405. The lowest BCUT2D eigenvalue weighted by molar-refractivity contribution is 0.599. The third-order valence-electron chi connectivity index (χ3n) is 2.09. The summed E-state index contributed by atoms with van der Waals surface area (Å²) in [6.07, 6.45) is 0.496. The highest BCUT2D eigenvalue weighted by atomic mass is 32.2. The number of benzene rings is 1. The molecule has 4 nitrogen and oxygen atoms in total. The lowest BCUT2D eigenvalue weighted by Crippen LogP contribution is -2.07. The molecule has 14 heavy (non-hydrogen) atoms. The van der Waals surface area contributed by atoms with Gasteiger partial charge in [-0.1, -0.05) is 18.2 Å². The van der Waals surface area contributed by atoms with E-state index >= 15 is 0 Å². The maximum absolute atomic E-state index is 11.5. The number of nitrogens with two attached hydrogens (primary N) is 1. The van der Waals surface area contributed by atoms with Crippen molar-refractivity contribution in [2.75, 3.05) is 6.54 Å². The van der Waals surface area contributed by atoms with Gasteiger partial charge < -0.3 is 5.73 Å². The van der Waals surface area contributed by atoms with Gasteiger partial charge >= 0.3 is 0 Å². The van der Waals surface area contributed by atoms with Crippen LogP contribution in [0.25, 0.3) is 0 Å². The fourth-order valence-corrected chi connectivity index (χ4v) is 2.78. The predicted octanol–water partition coefficient (Wildman–Crippen LogP) is 0.527. The van der Waals surface area contributed by atoms with Crippen LogP contribution in [0.4, 0.5) is 0 Å². The molecule has 0 atom stereocenters. The summed E-state index contributed by atoms with van der Waals surface area (Å²) in [4.78, 5) is 0.295. The summed E-state index contributed by atoms with van der Waals surface area (Å²) in [5.74, 6) is 0. The zero-order chi connectivity index (χ0) is 10.2. The van der Waals surface area contributed by atoms with Gasteiger partial charge in [-0.05, 0) is 12.6 Å². The van der Waals surface area contributed by atoms with Crippen molar-refractivity contribution < 1.29 is 8.42 Å². The van der Waals surface area contributed by atoms with Crippen LogP contribution in [0.2, 0.25) is 0 Å². The molecule has 1 aromatic rings. The third kappa shape index (κ3) is 1.34. The van der Waals surface area contributed by atoms with Crippen LogP contribution < -0.4 is 5.73 Å². The maximum atomic E-state index is 11.5. The van der Waals surface area contributed by atoms with E-state index in [1.165, 1.54) is 0 Å². The Morgan fingerprint density at radius 2 is 2.00 bits per heavy atom. The van der Waals surface area contributed by atoms with E-state index in [-0.39, 0.29) is 0 Å². The number of fused-ring (bicyclic) bond motifs is 1. The summed E-state index contributed by atoms with van der Waals surface area (Å²) in [5, 5.41) is 0. The van der Waals surface area contributed by atoms with Crippen LogP contribution in [0.3, 0.4) is 0 Å². The molecule has 0 amide bonds. The highest BCUT2D eigenvalue weighted by Gasteiger charge is 2.27. The van der Waals surface area contributed by atoms with Gasteiger partial charge in [0.25, 0.3) is 10.0 Å². The molecule has 0 unspecified atom stereocenters. The molecule has 0 aromatic heterocycles. The van der Waals surface area contributed by atoms with E-state index in [9.17, 15) is 8.42 Å². The zero-order valence-electron chi connectivity index (χ0n) is 7.47. The molecule has 1 aromatic carbocycles. The van der Waals surface area contributed by atoms with Gasteiger partial charge in [-0.15, -0.1) is 0 Å². The van der Waals surface area contributed by atoms with Gasteiger partial charge in [0.1, 0.15) is 0 Å². The molecular formula is C9H10N2O2S. The molecule has 0 saturated carbocycles. The maximum Gasteiger partial charge on any atom is 0.283 e. The summed E-state index contributed by atoms with van der Waals surface area (Å²) < 4.78 is 26.7. The average Bonchev–Trinajstić information content (AvgIpc) is 2.41. The Hall–Kier alpha value is -1.20. The third-order valence-corrected chi connectivity index (χ3v) is 3.46. The van der Waals surface area contributed by atoms with Gasteiger partial charge in [-0.2, -0.15) is 12.8 Å². The number of nitrogens with zero attached hydrogens (tertiary/aromatic N) is 1. The summed E-state index contributed by atoms with van der Waals surface area (Å²) >= 11 is 0. The highest BCUT2D eigenvalue weighted by Crippen LogP contribution is 2.26. The molecule has 0 bridgehead atoms. The second kappa shape index (κ2) is 3.18. The first kappa shape index (κ1) is 9.36. The number of rotatable bonds is 2. The summed E-state index contributed by atoms with van der Waals surface area (Å²) in [6, 6.07) is 6.81. The van der Waals surface area contributed by atoms with Gasteiger partial charge in [0.05, 0.1) is 10.6 Å². The molecule has 2 N–H and O–H groups in total. The molecule has 0 radical (unpaired) electrons. The Balaban J connectivity index is 2.61. The van der Waals surface area contributed by atoms with Crippen molar-refractivity contribution in [2.24, 2.45) is 10.1 Å². The monoisotopic (exact) mass is 210 g/mol. The number of hydrogen-bond acceptors (Lipinski definition) is 3. The fourth-order valence-electron chi connectivity index (χ4n) is 1.49. The van der Waals surface area contributed by atoms with Crippen molar-refractivity contribution in [1.82, 2.24) is 0 Å². The largest absolute Gasteiger partial charge is 0.330 e. The van der Waals surface area contributed by atoms with E-state index in [0.717, 1.165) is 0 Å². The van der Waals surface area contributed by atoms with Crippen molar-refractivity contribution in [1.29, 1.82) is 0 Å². The minimum atomic E-state index is -3.44. The van der Waals surface area contributed by atoms with Crippen LogP contribution in [0.5, 0.6) is 0 Å². The first-order valence-corrected chi connectivity index (χ1v) is 5.72. The van der Waals surface area contributed by atoms with Crippen LogP contribution >= 0.6 is 0 Å². The molecular weight excluding hydrogens is 200 g/mol. The van der Waals surface area contributed by atoms with Gasteiger partial charge in [0, 0.05) is 12.0 Å². The van der Waals surface area contributed by atoms with Crippen molar-refractivity contribution in [2.45, 2.75) is 11.3 Å². The Bertz CT molecular complexity index is 491. The summed E-state index contributed by atoms with van der Waals surface area (Å²) in [5.41, 5.74) is 6.64. The minimum absolute atomic E-state index is 0.295. The van der Waals surface area contributed by atoms with Gasteiger partial charge in [0.2, 0.25) is 0 Å². The quantitative estimate of drug-likeness (QED) is 0.773. The molecule has 0 aliphatic carbocycles. The van der Waals surface area contributed by atoms with E-state index in [1.54, 1.807) is 24.3 Å². The SMILES string of the molecule is NCCC1=NS(=O)(=O)c2ccccc21. The van der Waals surface area contributed by atoms with Crippen LogP contribution in [0.15, 0.2) is 33.6 Å². The van der Waals surface area contributed by atoms with E-state index in [2.05, 4.69) is 4.40 Å². The average molecular weight is 210 g/mol. The summed E-state index contributed by atoms with van der Waals surface area (Å²) in [7, 11) is -3.44. The van der Waals surface area contributed by atoms with Gasteiger partial charge in [0.15, 0.2) is 0 Å². The second-order valence-electron chi connectivity index (χ2n) is 3.05. The first-order valence-electron chi connectivity index (χ1n) is 4.28. The Kier molecular flexibility index (Phi) is 2.13. The molecule has 5 heteroatoms. The topological polar surface area (TPSA) is 72.5 Å². The molecule has 0 saturated heterocycles. The Morgan fingerprint density at radius 1 is 1.29 bits per heavy atom. The number of hydrogen-bond donors (Lipinski definition) is 1. The van der Waals surface area contributed by atoms with Crippen molar-refractivity contribution in [3.8, 4) is 0 Å². The van der Waals surface area contributed by atoms with E-state index in [4.69, 9.17) is 5.73 Å². The molecule has 1 heterocycles. The molecule has 74 valence electrons. The molecule has 1 aliphatic heterocycles. The normalized spacial score (nSPS) is 17.6. The first-order chi connectivity index (χ1) is 6.65. The highest BCUT2D eigenvalue weighted by molar-refractivity contribution is 7.90. The molecule has 1 aliphatic rings. The molecule has 0 fully saturated rings. The smallest absolute Gasteiger partial charge is 0.283 e. The second-order valence-corrected chi connectivity index (χ2v) is 4.62. The lowest BCUT2D eigenvalue weighted by Gasteiger charge is -1.98. The van der Waals surface area contributed by atoms with Gasteiger partial charge in [-0.25, -0.2) is 0 Å².